The van der Waals surface area contributed by atoms with Gasteiger partial charge in [0, 0.05) is 6.54 Å². The summed E-state index contributed by atoms with van der Waals surface area (Å²) in [6, 6.07) is 5.89. The third kappa shape index (κ3) is 4.47. The lowest BCUT2D eigenvalue weighted by atomic mass is 9.77. The smallest absolute Gasteiger partial charge is 0.129 e. The highest BCUT2D eigenvalue weighted by molar-refractivity contribution is 6.29. The van der Waals surface area contributed by atoms with Crippen molar-refractivity contribution in [2.75, 3.05) is 13.1 Å². The standard InChI is InChI=1S/C16H25ClN2/c1-16(2,3)13-6-5-10-19(11-9-13)12-14-7-4-8-15(17)18-14/h4,7-8,13H,5-6,9-12H2,1-3H3. The van der Waals surface area contributed by atoms with E-state index in [4.69, 9.17) is 11.6 Å². The molecule has 0 bridgehead atoms. The molecule has 0 aromatic carbocycles. The molecule has 0 aliphatic carbocycles. The first-order chi connectivity index (χ1) is 8.95. The molecular weight excluding hydrogens is 256 g/mol. The van der Waals surface area contributed by atoms with Crippen LogP contribution in [0.4, 0.5) is 0 Å². The fourth-order valence-electron chi connectivity index (χ4n) is 2.95. The molecule has 0 N–H and O–H groups in total. The third-order valence-corrected chi connectivity index (χ3v) is 4.41. The van der Waals surface area contributed by atoms with Crippen LogP contribution in [0.1, 0.15) is 45.7 Å². The lowest BCUT2D eigenvalue weighted by molar-refractivity contribution is 0.206. The van der Waals surface area contributed by atoms with Crippen LogP contribution in [-0.4, -0.2) is 23.0 Å². The van der Waals surface area contributed by atoms with Gasteiger partial charge in [0.1, 0.15) is 5.15 Å². The molecule has 106 valence electrons. The van der Waals surface area contributed by atoms with Crippen LogP contribution in [0.2, 0.25) is 5.15 Å². The molecule has 0 radical (unpaired) electrons. The van der Waals surface area contributed by atoms with Gasteiger partial charge in [-0.05, 0) is 55.8 Å². The number of likely N-dealkylation sites (tertiary alicyclic amines) is 1. The van der Waals surface area contributed by atoms with E-state index in [2.05, 4.69) is 36.7 Å². The summed E-state index contributed by atoms with van der Waals surface area (Å²) in [4.78, 5) is 6.91. The zero-order valence-electron chi connectivity index (χ0n) is 12.3. The van der Waals surface area contributed by atoms with Crippen molar-refractivity contribution in [1.82, 2.24) is 9.88 Å². The van der Waals surface area contributed by atoms with Gasteiger partial charge in [-0.2, -0.15) is 0 Å². The van der Waals surface area contributed by atoms with E-state index in [1.54, 1.807) is 0 Å². The van der Waals surface area contributed by atoms with Crippen molar-refractivity contribution in [2.45, 2.75) is 46.6 Å². The lowest BCUT2D eigenvalue weighted by Crippen LogP contribution is -2.26. The summed E-state index contributed by atoms with van der Waals surface area (Å²) in [5.74, 6) is 0.838. The molecule has 1 fully saturated rings. The van der Waals surface area contributed by atoms with Gasteiger partial charge in [-0.1, -0.05) is 38.4 Å². The van der Waals surface area contributed by atoms with E-state index < -0.39 is 0 Å². The lowest BCUT2D eigenvalue weighted by Gasteiger charge is -2.29. The average molecular weight is 281 g/mol. The molecule has 0 saturated carbocycles. The van der Waals surface area contributed by atoms with E-state index in [9.17, 15) is 0 Å². The second kappa shape index (κ2) is 6.23. The molecular formula is C16H25ClN2. The monoisotopic (exact) mass is 280 g/mol. The van der Waals surface area contributed by atoms with Crippen LogP contribution in [0.25, 0.3) is 0 Å². The normalized spacial score (nSPS) is 22.2. The second-order valence-corrected chi connectivity index (χ2v) is 7.11. The van der Waals surface area contributed by atoms with Gasteiger partial charge in [0.2, 0.25) is 0 Å². The van der Waals surface area contributed by atoms with Crippen LogP contribution < -0.4 is 0 Å². The summed E-state index contributed by atoms with van der Waals surface area (Å²) in [5, 5.41) is 0.597. The Hall–Kier alpha value is -0.600. The molecule has 19 heavy (non-hydrogen) atoms. The van der Waals surface area contributed by atoms with Gasteiger partial charge in [0.15, 0.2) is 0 Å². The van der Waals surface area contributed by atoms with E-state index in [-0.39, 0.29) is 0 Å². The maximum Gasteiger partial charge on any atom is 0.129 e. The van der Waals surface area contributed by atoms with Gasteiger partial charge in [0.25, 0.3) is 0 Å². The fraction of sp³-hybridized carbons (Fsp3) is 0.688. The van der Waals surface area contributed by atoms with Crippen molar-refractivity contribution in [3.05, 3.63) is 29.0 Å². The van der Waals surface area contributed by atoms with Crippen LogP contribution in [0, 0.1) is 11.3 Å². The zero-order chi connectivity index (χ0) is 13.9. The maximum atomic E-state index is 5.95. The topological polar surface area (TPSA) is 16.1 Å². The maximum absolute atomic E-state index is 5.95. The largest absolute Gasteiger partial charge is 0.298 e. The number of halogens is 1. The van der Waals surface area contributed by atoms with Crippen molar-refractivity contribution < 1.29 is 0 Å². The van der Waals surface area contributed by atoms with Crippen molar-refractivity contribution in [2.24, 2.45) is 11.3 Å². The fourth-order valence-corrected chi connectivity index (χ4v) is 3.13. The molecule has 1 atom stereocenters. The molecule has 0 amide bonds. The Morgan fingerprint density at radius 2 is 2.05 bits per heavy atom. The van der Waals surface area contributed by atoms with Crippen LogP contribution in [-0.2, 0) is 6.54 Å². The number of rotatable bonds is 2. The van der Waals surface area contributed by atoms with Crippen LogP contribution >= 0.6 is 11.6 Å². The molecule has 1 saturated heterocycles. The summed E-state index contributed by atoms with van der Waals surface area (Å²) in [5.41, 5.74) is 1.52. The Labute approximate surface area is 122 Å². The first-order valence-corrected chi connectivity index (χ1v) is 7.67. The predicted molar refractivity (Wildman–Crippen MR) is 81.3 cm³/mol. The van der Waals surface area contributed by atoms with Gasteiger partial charge in [0.05, 0.1) is 5.69 Å². The highest BCUT2D eigenvalue weighted by atomic mass is 35.5. The highest BCUT2D eigenvalue weighted by Crippen LogP contribution is 2.34. The van der Waals surface area contributed by atoms with Crippen molar-refractivity contribution in [3.8, 4) is 0 Å². The SMILES string of the molecule is CC(C)(C)C1CCCN(Cc2cccc(Cl)n2)CC1. The van der Waals surface area contributed by atoms with Gasteiger partial charge in [-0.3, -0.25) is 4.90 Å². The van der Waals surface area contributed by atoms with Crippen LogP contribution in [0.3, 0.4) is 0 Å². The first-order valence-electron chi connectivity index (χ1n) is 7.29. The minimum Gasteiger partial charge on any atom is -0.298 e. The Morgan fingerprint density at radius 3 is 2.74 bits per heavy atom. The molecule has 1 aliphatic heterocycles. The van der Waals surface area contributed by atoms with E-state index in [0.29, 0.717) is 10.6 Å². The molecule has 1 aliphatic rings. The number of hydrogen-bond donors (Lipinski definition) is 0. The molecule has 1 aromatic rings. The number of hydrogen-bond acceptors (Lipinski definition) is 2. The molecule has 0 spiro atoms. The van der Waals surface area contributed by atoms with Crippen molar-refractivity contribution in [3.63, 3.8) is 0 Å². The molecule has 1 unspecified atom stereocenters. The van der Waals surface area contributed by atoms with E-state index in [1.165, 1.54) is 32.4 Å². The van der Waals surface area contributed by atoms with Gasteiger partial charge < -0.3 is 0 Å². The number of nitrogens with zero attached hydrogens (tertiary/aromatic N) is 2. The van der Waals surface area contributed by atoms with Gasteiger partial charge >= 0.3 is 0 Å². The summed E-state index contributed by atoms with van der Waals surface area (Å²) >= 11 is 5.95. The first kappa shape index (κ1) is 14.8. The Balaban J connectivity index is 1.93. The van der Waals surface area contributed by atoms with Crippen molar-refractivity contribution in [1.29, 1.82) is 0 Å². The number of aromatic nitrogens is 1. The minimum absolute atomic E-state index is 0.435. The Kier molecular flexibility index (Phi) is 4.86. The van der Waals surface area contributed by atoms with Crippen LogP contribution in [0.15, 0.2) is 18.2 Å². The zero-order valence-corrected chi connectivity index (χ0v) is 13.1. The molecule has 2 heterocycles. The highest BCUT2D eigenvalue weighted by Gasteiger charge is 2.27. The summed E-state index contributed by atoms with van der Waals surface area (Å²) < 4.78 is 0. The van der Waals surface area contributed by atoms with Gasteiger partial charge in [-0.25, -0.2) is 4.98 Å². The quantitative estimate of drug-likeness (QED) is 0.747. The average Bonchev–Trinajstić information content (AvgIpc) is 2.54. The molecule has 2 rings (SSSR count). The van der Waals surface area contributed by atoms with E-state index in [1.807, 2.05) is 12.1 Å². The summed E-state index contributed by atoms with van der Waals surface area (Å²) in [6.07, 6.45) is 3.94. The third-order valence-electron chi connectivity index (χ3n) is 4.20. The molecule has 3 heteroatoms. The van der Waals surface area contributed by atoms with Gasteiger partial charge in [-0.15, -0.1) is 0 Å². The molecule has 1 aromatic heterocycles. The Bertz CT molecular complexity index is 411. The Morgan fingerprint density at radius 1 is 1.26 bits per heavy atom. The summed E-state index contributed by atoms with van der Waals surface area (Å²) in [7, 11) is 0. The van der Waals surface area contributed by atoms with Crippen molar-refractivity contribution >= 4 is 11.6 Å². The summed E-state index contributed by atoms with van der Waals surface area (Å²) in [6.45, 7) is 10.4. The minimum atomic E-state index is 0.435. The molecule has 2 nitrogen and oxygen atoms in total. The van der Waals surface area contributed by atoms with E-state index in [0.717, 1.165) is 18.2 Å². The van der Waals surface area contributed by atoms with E-state index >= 15 is 0 Å². The predicted octanol–water partition coefficient (Wildman–Crippen LogP) is 4.38. The number of pyridine rings is 1. The second-order valence-electron chi connectivity index (χ2n) is 6.72. The van der Waals surface area contributed by atoms with Crippen LogP contribution in [0.5, 0.6) is 0 Å².